The van der Waals surface area contributed by atoms with Crippen LogP contribution in [0.4, 0.5) is 0 Å². The molecule has 0 spiro atoms. The van der Waals surface area contributed by atoms with E-state index in [2.05, 4.69) is 31.0 Å². The summed E-state index contributed by atoms with van der Waals surface area (Å²) in [7, 11) is 0. The van der Waals surface area contributed by atoms with Gasteiger partial charge in [0.25, 0.3) is 0 Å². The molecule has 1 rings (SSSR count). The van der Waals surface area contributed by atoms with Crippen molar-refractivity contribution in [3.05, 3.63) is 0 Å². The third-order valence-corrected chi connectivity index (χ3v) is 3.52. The third kappa shape index (κ3) is 4.40. The minimum atomic E-state index is 0.661. The largest absolute Gasteiger partial charge is 0.381 e. The van der Waals surface area contributed by atoms with Gasteiger partial charge in [0, 0.05) is 25.1 Å². The van der Waals surface area contributed by atoms with Crippen molar-refractivity contribution in [3.63, 3.8) is 0 Å². The quantitative estimate of drug-likeness (QED) is 0.718. The zero-order valence-electron chi connectivity index (χ0n) is 11.2. The minimum absolute atomic E-state index is 0.661. The van der Waals surface area contributed by atoms with Crippen LogP contribution in [0.3, 0.4) is 0 Å². The molecule has 0 aromatic carbocycles. The summed E-state index contributed by atoms with van der Waals surface area (Å²) < 4.78 is 5.62. The minimum Gasteiger partial charge on any atom is -0.381 e. The molecule has 1 fully saturated rings. The summed E-state index contributed by atoms with van der Waals surface area (Å²) >= 11 is 0. The lowest BCUT2D eigenvalue weighted by atomic mass is 9.95. The molecule has 0 bridgehead atoms. The van der Waals surface area contributed by atoms with Crippen LogP contribution in [0.15, 0.2) is 0 Å². The average Bonchev–Trinajstić information content (AvgIpc) is 2.34. The fourth-order valence-electron chi connectivity index (χ4n) is 2.39. The van der Waals surface area contributed by atoms with Gasteiger partial charge >= 0.3 is 0 Å². The maximum atomic E-state index is 5.62. The molecule has 3 heteroatoms. The van der Waals surface area contributed by atoms with Crippen LogP contribution in [0.25, 0.3) is 0 Å². The van der Waals surface area contributed by atoms with Crippen molar-refractivity contribution in [2.75, 3.05) is 39.4 Å². The first-order valence-electron chi connectivity index (χ1n) is 6.85. The summed E-state index contributed by atoms with van der Waals surface area (Å²) in [5.74, 6) is 0.667. The van der Waals surface area contributed by atoms with E-state index in [0.29, 0.717) is 12.0 Å². The summed E-state index contributed by atoms with van der Waals surface area (Å²) in [4.78, 5) is 2.50. The van der Waals surface area contributed by atoms with Crippen molar-refractivity contribution in [3.8, 4) is 0 Å². The molecule has 0 amide bonds. The number of nitrogens with one attached hydrogen (secondary N) is 1. The molecule has 96 valence electrons. The molecule has 1 N–H and O–H groups in total. The number of ether oxygens (including phenoxy) is 1. The van der Waals surface area contributed by atoms with Crippen molar-refractivity contribution in [1.29, 1.82) is 0 Å². The lowest BCUT2D eigenvalue weighted by Gasteiger charge is -2.35. The van der Waals surface area contributed by atoms with Gasteiger partial charge in [-0.2, -0.15) is 0 Å². The second-order valence-corrected chi connectivity index (χ2v) is 4.67. The van der Waals surface area contributed by atoms with Crippen LogP contribution < -0.4 is 5.32 Å². The van der Waals surface area contributed by atoms with E-state index in [9.17, 15) is 0 Å². The predicted octanol–water partition coefficient (Wildman–Crippen LogP) is 1.73. The molecule has 0 radical (unpaired) electrons. The van der Waals surface area contributed by atoms with E-state index in [-0.39, 0.29) is 0 Å². The summed E-state index contributed by atoms with van der Waals surface area (Å²) in [6, 6.07) is 0.661. The highest BCUT2D eigenvalue weighted by molar-refractivity contribution is 4.81. The lowest BCUT2D eigenvalue weighted by molar-refractivity contribution is 0.0179. The molecular weight excluding hydrogens is 200 g/mol. The van der Waals surface area contributed by atoms with Crippen molar-refractivity contribution in [2.45, 2.75) is 39.7 Å². The van der Waals surface area contributed by atoms with E-state index in [1.807, 2.05) is 0 Å². The third-order valence-electron chi connectivity index (χ3n) is 3.52. The summed E-state index contributed by atoms with van der Waals surface area (Å²) in [6.45, 7) is 13.2. The lowest BCUT2D eigenvalue weighted by Crippen LogP contribution is -2.48. The maximum absolute atomic E-state index is 5.62. The topological polar surface area (TPSA) is 24.5 Å². The van der Waals surface area contributed by atoms with E-state index in [0.717, 1.165) is 32.8 Å². The van der Waals surface area contributed by atoms with Crippen LogP contribution in [0.2, 0.25) is 0 Å². The van der Waals surface area contributed by atoms with Crippen LogP contribution in [0, 0.1) is 5.92 Å². The monoisotopic (exact) mass is 228 g/mol. The first-order valence-corrected chi connectivity index (χ1v) is 6.85. The van der Waals surface area contributed by atoms with E-state index >= 15 is 0 Å². The fraction of sp³-hybridized carbons (Fsp3) is 1.00. The summed E-state index contributed by atoms with van der Waals surface area (Å²) in [5, 5.41) is 3.67. The van der Waals surface area contributed by atoms with Gasteiger partial charge in [0.05, 0.1) is 6.61 Å². The van der Waals surface area contributed by atoms with Gasteiger partial charge in [-0.15, -0.1) is 0 Å². The van der Waals surface area contributed by atoms with Crippen LogP contribution in [-0.2, 0) is 4.74 Å². The highest BCUT2D eigenvalue weighted by Crippen LogP contribution is 2.16. The van der Waals surface area contributed by atoms with E-state index in [1.54, 1.807) is 0 Å². The molecule has 0 saturated carbocycles. The Morgan fingerprint density at radius 3 is 2.62 bits per heavy atom. The van der Waals surface area contributed by atoms with Crippen molar-refractivity contribution in [1.82, 2.24) is 10.2 Å². The number of hydrogen-bond donors (Lipinski definition) is 1. The van der Waals surface area contributed by atoms with Crippen LogP contribution >= 0.6 is 0 Å². The Balaban J connectivity index is 2.39. The van der Waals surface area contributed by atoms with Gasteiger partial charge in [-0.3, -0.25) is 0 Å². The summed E-state index contributed by atoms with van der Waals surface area (Å²) in [6.07, 6.45) is 2.39. The van der Waals surface area contributed by atoms with Crippen LogP contribution in [0.1, 0.15) is 33.6 Å². The van der Waals surface area contributed by atoms with Gasteiger partial charge in [-0.05, 0) is 32.5 Å². The van der Waals surface area contributed by atoms with Gasteiger partial charge in [-0.25, -0.2) is 0 Å². The molecule has 0 aromatic heterocycles. The molecule has 1 aliphatic rings. The second kappa shape index (κ2) is 8.04. The molecule has 16 heavy (non-hydrogen) atoms. The van der Waals surface area contributed by atoms with Gasteiger partial charge < -0.3 is 15.0 Å². The number of hydrogen-bond acceptors (Lipinski definition) is 3. The summed E-state index contributed by atoms with van der Waals surface area (Å²) in [5.41, 5.74) is 0. The molecule has 3 nitrogen and oxygen atoms in total. The Hall–Kier alpha value is -0.120. The number of rotatable bonds is 7. The fourth-order valence-corrected chi connectivity index (χ4v) is 2.39. The zero-order valence-corrected chi connectivity index (χ0v) is 11.2. The van der Waals surface area contributed by atoms with E-state index in [4.69, 9.17) is 4.74 Å². The molecule has 0 aromatic rings. The Labute approximate surface area is 101 Å². The molecular formula is C13H28N2O. The molecule has 2 unspecified atom stereocenters. The van der Waals surface area contributed by atoms with Gasteiger partial charge in [0.2, 0.25) is 0 Å². The number of nitrogens with zero attached hydrogens (tertiary/aromatic N) is 1. The van der Waals surface area contributed by atoms with Gasteiger partial charge in [0.15, 0.2) is 0 Å². The van der Waals surface area contributed by atoms with Crippen molar-refractivity contribution in [2.24, 2.45) is 5.92 Å². The SMILES string of the molecule is CCCNC1CCOCC1CN(CC)CC. The highest BCUT2D eigenvalue weighted by Gasteiger charge is 2.26. The Morgan fingerprint density at radius 2 is 2.00 bits per heavy atom. The maximum Gasteiger partial charge on any atom is 0.0521 e. The Bertz CT molecular complexity index is 171. The standard InChI is InChI=1S/C13H28N2O/c1-4-8-14-13-7-9-16-11-12(13)10-15(5-2)6-3/h12-14H,4-11H2,1-3H3. The zero-order chi connectivity index (χ0) is 11.8. The van der Waals surface area contributed by atoms with Crippen LogP contribution in [0.5, 0.6) is 0 Å². The molecule has 2 atom stereocenters. The predicted molar refractivity (Wildman–Crippen MR) is 68.8 cm³/mol. The van der Waals surface area contributed by atoms with Gasteiger partial charge in [0.1, 0.15) is 0 Å². The van der Waals surface area contributed by atoms with Gasteiger partial charge in [-0.1, -0.05) is 20.8 Å². The Morgan fingerprint density at radius 1 is 1.25 bits per heavy atom. The van der Waals surface area contributed by atoms with Crippen molar-refractivity contribution >= 4 is 0 Å². The first-order chi connectivity index (χ1) is 7.81. The van der Waals surface area contributed by atoms with E-state index < -0.39 is 0 Å². The van der Waals surface area contributed by atoms with Crippen LogP contribution in [-0.4, -0.2) is 50.3 Å². The normalized spacial score (nSPS) is 26.2. The smallest absolute Gasteiger partial charge is 0.0521 e. The molecule has 1 heterocycles. The van der Waals surface area contributed by atoms with Crippen molar-refractivity contribution < 1.29 is 4.74 Å². The molecule has 0 aliphatic carbocycles. The van der Waals surface area contributed by atoms with E-state index in [1.165, 1.54) is 19.4 Å². The average molecular weight is 228 g/mol. The Kier molecular flexibility index (Phi) is 7.01. The first kappa shape index (κ1) is 13.9. The molecule has 1 aliphatic heterocycles. The highest BCUT2D eigenvalue weighted by atomic mass is 16.5. The molecule has 1 saturated heterocycles. The second-order valence-electron chi connectivity index (χ2n) is 4.67.